The molecule has 0 aromatic rings. The third kappa shape index (κ3) is 66.1. The number of rotatable bonds is 65. The van der Waals surface area contributed by atoms with Gasteiger partial charge in [-0.1, -0.05) is 333 Å². The van der Waals surface area contributed by atoms with Gasteiger partial charge in [0.15, 0.2) is 6.10 Å². The molecule has 1 atom stereocenters. The highest BCUT2D eigenvalue weighted by atomic mass is 16.6. The van der Waals surface area contributed by atoms with Crippen molar-refractivity contribution >= 4 is 17.9 Å². The van der Waals surface area contributed by atoms with Crippen LogP contribution in [0.4, 0.5) is 0 Å². The van der Waals surface area contributed by atoms with E-state index in [9.17, 15) is 14.4 Å². The lowest BCUT2D eigenvalue weighted by Crippen LogP contribution is -2.30. The molecule has 0 fully saturated rings. The van der Waals surface area contributed by atoms with Gasteiger partial charge in [0.25, 0.3) is 0 Å². The molecule has 0 radical (unpaired) electrons. The van der Waals surface area contributed by atoms with Gasteiger partial charge in [-0.05, 0) is 77.0 Å². The molecule has 0 saturated carbocycles. The van der Waals surface area contributed by atoms with E-state index >= 15 is 0 Å². The zero-order chi connectivity index (χ0) is 57.1. The van der Waals surface area contributed by atoms with Gasteiger partial charge in [0.05, 0.1) is 0 Å². The van der Waals surface area contributed by atoms with E-state index in [1.807, 2.05) is 0 Å². The Bertz CT molecular complexity index is 1360. The second-order valence-electron chi connectivity index (χ2n) is 23.8. The van der Waals surface area contributed by atoms with E-state index in [2.05, 4.69) is 69.4 Å². The van der Waals surface area contributed by atoms with E-state index in [1.165, 1.54) is 257 Å². The number of carbonyl (C=O) groups excluding carboxylic acids is 3. The van der Waals surface area contributed by atoms with Crippen LogP contribution in [0.1, 0.15) is 380 Å². The maximum Gasteiger partial charge on any atom is 0.306 e. The number of allylic oxidation sites excluding steroid dienone is 8. The van der Waals surface area contributed by atoms with Gasteiger partial charge in [-0.2, -0.15) is 0 Å². The maximum absolute atomic E-state index is 13.0. The fourth-order valence-electron chi connectivity index (χ4n) is 10.6. The van der Waals surface area contributed by atoms with Crippen molar-refractivity contribution in [2.24, 2.45) is 0 Å². The minimum Gasteiger partial charge on any atom is -0.462 e. The zero-order valence-electron chi connectivity index (χ0n) is 53.2. The highest BCUT2D eigenvalue weighted by Gasteiger charge is 2.19. The lowest BCUT2D eigenvalue weighted by molar-refractivity contribution is -0.167. The normalized spacial score (nSPS) is 12.3. The molecule has 6 heteroatoms. The van der Waals surface area contributed by atoms with Crippen molar-refractivity contribution in [3.05, 3.63) is 48.6 Å². The Morgan fingerprint density at radius 2 is 0.494 bits per heavy atom. The van der Waals surface area contributed by atoms with Crippen molar-refractivity contribution in [1.82, 2.24) is 0 Å². The molecule has 0 saturated heterocycles. The molecule has 0 aliphatic rings. The number of carbonyl (C=O) groups is 3. The molecule has 0 aromatic heterocycles. The Kier molecular flexibility index (Phi) is 65.6. The van der Waals surface area contributed by atoms with Crippen LogP contribution in [-0.4, -0.2) is 37.2 Å². The van der Waals surface area contributed by atoms with Crippen LogP contribution >= 0.6 is 0 Å². The van der Waals surface area contributed by atoms with Crippen LogP contribution in [0.2, 0.25) is 0 Å². The molecule has 0 heterocycles. The second-order valence-corrected chi connectivity index (χ2v) is 23.8. The first-order valence-electron chi connectivity index (χ1n) is 35.1. The number of hydrogen-bond acceptors (Lipinski definition) is 6. The average molecular weight is 1110 g/mol. The molecular weight excluding hydrogens is 973 g/mol. The summed E-state index contributed by atoms with van der Waals surface area (Å²) in [6.07, 6.45) is 85.6. The highest BCUT2D eigenvalue weighted by Crippen LogP contribution is 2.18. The molecule has 0 amide bonds. The minimum absolute atomic E-state index is 0.0728. The lowest BCUT2D eigenvalue weighted by atomic mass is 10.0. The molecule has 1 unspecified atom stereocenters. The van der Waals surface area contributed by atoms with Crippen molar-refractivity contribution in [2.45, 2.75) is 386 Å². The smallest absolute Gasteiger partial charge is 0.306 e. The van der Waals surface area contributed by atoms with E-state index in [0.717, 1.165) is 83.5 Å². The second kappa shape index (κ2) is 67.9. The monoisotopic (exact) mass is 1110 g/mol. The zero-order valence-corrected chi connectivity index (χ0v) is 53.2. The van der Waals surface area contributed by atoms with Crippen molar-refractivity contribution in [2.75, 3.05) is 13.2 Å². The van der Waals surface area contributed by atoms with Crippen molar-refractivity contribution < 1.29 is 28.6 Å². The predicted molar refractivity (Wildman–Crippen MR) is 344 cm³/mol. The van der Waals surface area contributed by atoms with Gasteiger partial charge < -0.3 is 14.2 Å². The Hall–Kier alpha value is -2.63. The molecule has 0 N–H and O–H groups in total. The molecule has 0 rings (SSSR count). The Morgan fingerprint density at radius 1 is 0.266 bits per heavy atom. The third-order valence-corrected chi connectivity index (χ3v) is 15.8. The summed E-state index contributed by atoms with van der Waals surface area (Å²) in [5, 5.41) is 0. The Morgan fingerprint density at radius 3 is 0.785 bits per heavy atom. The molecular formula is C73H134O6. The van der Waals surface area contributed by atoms with E-state index < -0.39 is 6.10 Å². The van der Waals surface area contributed by atoms with E-state index in [0.29, 0.717) is 19.3 Å². The summed E-state index contributed by atoms with van der Waals surface area (Å²) in [6.45, 7) is 6.59. The van der Waals surface area contributed by atoms with Crippen molar-refractivity contribution in [1.29, 1.82) is 0 Å². The first kappa shape index (κ1) is 76.4. The molecule has 0 bridgehead atoms. The van der Waals surface area contributed by atoms with Gasteiger partial charge in [0.2, 0.25) is 0 Å². The summed E-state index contributed by atoms with van der Waals surface area (Å²) >= 11 is 0. The fourth-order valence-corrected chi connectivity index (χ4v) is 10.6. The summed E-state index contributed by atoms with van der Waals surface area (Å²) in [4.78, 5) is 38.5. The fraction of sp³-hybridized carbons (Fsp3) is 0.849. The van der Waals surface area contributed by atoms with Gasteiger partial charge in [0.1, 0.15) is 13.2 Å². The highest BCUT2D eigenvalue weighted by molar-refractivity contribution is 5.71. The van der Waals surface area contributed by atoms with Gasteiger partial charge in [0, 0.05) is 19.3 Å². The van der Waals surface area contributed by atoms with Gasteiger partial charge in [-0.3, -0.25) is 14.4 Å². The van der Waals surface area contributed by atoms with Gasteiger partial charge in [-0.15, -0.1) is 0 Å². The maximum atomic E-state index is 13.0. The van der Waals surface area contributed by atoms with Crippen LogP contribution in [0.25, 0.3) is 0 Å². The van der Waals surface area contributed by atoms with Crippen LogP contribution in [0.15, 0.2) is 48.6 Å². The molecule has 6 nitrogen and oxygen atoms in total. The molecule has 79 heavy (non-hydrogen) atoms. The van der Waals surface area contributed by atoms with Crippen LogP contribution in [0.5, 0.6) is 0 Å². The quantitative estimate of drug-likeness (QED) is 0.0261. The summed E-state index contributed by atoms with van der Waals surface area (Å²) in [5.74, 6) is -0.858. The first-order valence-corrected chi connectivity index (χ1v) is 35.1. The summed E-state index contributed by atoms with van der Waals surface area (Å²) in [6, 6.07) is 0. The summed E-state index contributed by atoms with van der Waals surface area (Å²) in [5.41, 5.74) is 0. The largest absolute Gasteiger partial charge is 0.462 e. The predicted octanol–water partition coefficient (Wildman–Crippen LogP) is 24.1. The summed E-state index contributed by atoms with van der Waals surface area (Å²) in [7, 11) is 0. The Labute approximate surface area is 492 Å². The molecule has 0 spiro atoms. The Balaban J connectivity index is 4.31. The number of unbranched alkanes of at least 4 members (excludes halogenated alkanes) is 46. The first-order chi connectivity index (χ1) is 39.0. The van der Waals surface area contributed by atoms with E-state index in [4.69, 9.17) is 14.2 Å². The van der Waals surface area contributed by atoms with E-state index in [-0.39, 0.29) is 31.1 Å². The van der Waals surface area contributed by atoms with Gasteiger partial charge in [-0.25, -0.2) is 0 Å². The number of hydrogen-bond donors (Lipinski definition) is 0. The molecule has 462 valence electrons. The van der Waals surface area contributed by atoms with E-state index in [1.54, 1.807) is 0 Å². The summed E-state index contributed by atoms with van der Waals surface area (Å²) < 4.78 is 17.0. The molecule has 0 aromatic carbocycles. The minimum atomic E-state index is -0.778. The van der Waals surface area contributed by atoms with Crippen LogP contribution < -0.4 is 0 Å². The average Bonchev–Trinajstić information content (AvgIpc) is 3.45. The SMILES string of the molecule is CC/C=C\C/C=C\C/C=C\CCCCCCCCCC(=O)OCC(COC(=O)CCCCCCCCCCCCCCCCCCCCCCCCC)OC(=O)CCCCCCCCCCC/C=C\CCCCCCCCCC. The standard InChI is InChI=1S/C73H134O6/c1-4-7-10-13-16-19-22-25-28-31-33-35-36-38-39-42-45-48-51-54-57-60-63-66-72(75)78-69-70(68-77-71(74)65-62-59-56-53-50-47-44-41-30-27-24-21-18-15-12-9-6-3)79-73(76)67-64-61-58-55-52-49-46-43-40-37-34-32-29-26-23-20-17-14-11-8-5-2/h9,12,18,21,27,30,32,34,70H,4-8,10-11,13-17,19-20,22-26,28-29,31,33,35-69H2,1-3H3/b12-9-,21-18-,30-27-,34-32-. The third-order valence-electron chi connectivity index (χ3n) is 15.8. The van der Waals surface area contributed by atoms with Crippen LogP contribution in [0, 0.1) is 0 Å². The number of esters is 3. The van der Waals surface area contributed by atoms with Crippen molar-refractivity contribution in [3.8, 4) is 0 Å². The van der Waals surface area contributed by atoms with Crippen LogP contribution in [-0.2, 0) is 28.6 Å². The molecule has 0 aliphatic heterocycles. The van der Waals surface area contributed by atoms with Crippen molar-refractivity contribution in [3.63, 3.8) is 0 Å². The van der Waals surface area contributed by atoms with Gasteiger partial charge >= 0.3 is 17.9 Å². The number of ether oxygens (including phenoxy) is 3. The lowest BCUT2D eigenvalue weighted by Gasteiger charge is -2.18. The topological polar surface area (TPSA) is 78.9 Å². The molecule has 0 aliphatic carbocycles. The van der Waals surface area contributed by atoms with Crippen LogP contribution in [0.3, 0.4) is 0 Å².